The molecule has 0 atom stereocenters. The first kappa shape index (κ1) is 17.6. The number of hydrogen-bond donors (Lipinski definition) is 2. The number of carboxylic acids is 1. The van der Waals surface area contributed by atoms with E-state index in [1.54, 1.807) is 25.5 Å². The predicted octanol–water partition coefficient (Wildman–Crippen LogP) is 4.48. The molecule has 26 heavy (non-hydrogen) atoms. The molecule has 2 heterocycles. The van der Waals surface area contributed by atoms with Gasteiger partial charge in [0.2, 0.25) is 0 Å². The van der Waals surface area contributed by atoms with Gasteiger partial charge in [-0.15, -0.1) is 0 Å². The maximum atomic E-state index is 11.8. The molecule has 1 aromatic carbocycles. The second-order valence-corrected chi connectivity index (χ2v) is 6.30. The van der Waals surface area contributed by atoms with Gasteiger partial charge in [0, 0.05) is 30.6 Å². The van der Waals surface area contributed by atoms with Crippen LogP contribution in [0.5, 0.6) is 0 Å². The summed E-state index contributed by atoms with van der Waals surface area (Å²) in [7, 11) is 1.68. The molecule has 0 saturated heterocycles. The van der Waals surface area contributed by atoms with Crippen LogP contribution in [0, 0.1) is 20.8 Å². The van der Waals surface area contributed by atoms with Crippen LogP contribution in [0.4, 0.5) is 5.82 Å². The quantitative estimate of drug-likeness (QED) is 0.728. The first-order valence-corrected chi connectivity index (χ1v) is 8.37. The average Bonchev–Trinajstić information content (AvgIpc) is 2.61. The molecule has 0 bridgehead atoms. The molecular formula is C21H21N3O2. The van der Waals surface area contributed by atoms with Crippen molar-refractivity contribution < 1.29 is 9.90 Å². The van der Waals surface area contributed by atoms with E-state index < -0.39 is 5.97 Å². The van der Waals surface area contributed by atoms with Gasteiger partial charge in [-0.2, -0.15) is 0 Å². The number of anilines is 1. The summed E-state index contributed by atoms with van der Waals surface area (Å²) < 4.78 is 0. The molecule has 0 saturated carbocycles. The molecule has 0 radical (unpaired) electrons. The van der Waals surface area contributed by atoms with Crippen molar-refractivity contribution in [2.24, 2.45) is 0 Å². The summed E-state index contributed by atoms with van der Waals surface area (Å²) in [5.74, 6) is -0.660. The molecule has 3 rings (SSSR count). The van der Waals surface area contributed by atoms with Gasteiger partial charge in [-0.25, -0.2) is 9.78 Å². The van der Waals surface area contributed by atoms with Gasteiger partial charge < -0.3 is 10.4 Å². The van der Waals surface area contributed by atoms with Gasteiger partial charge in [0.15, 0.2) is 0 Å². The third-order valence-electron chi connectivity index (χ3n) is 4.48. The normalized spacial score (nSPS) is 10.6. The highest BCUT2D eigenvalue weighted by molar-refractivity contribution is 5.98. The number of nitrogens with zero attached hydrogens (tertiary/aromatic N) is 2. The first-order valence-electron chi connectivity index (χ1n) is 8.37. The van der Waals surface area contributed by atoms with Crippen molar-refractivity contribution in [1.29, 1.82) is 0 Å². The van der Waals surface area contributed by atoms with E-state index in [-0.39, 0.29) is 5.56 Å². The minimum absolute atomic E-state index is 0.149. The highest BCUT2D eigenvalue weighted by atomic mass is 16.4. The Morgan fingerprint density at radius 1 is 1.00 bits per heavy atom. The van der Waals surface area contributed by atoms with Crippen LogP contribution in [0.2, 0.25) is 0 Å². The average molecular weight is 347 g/mol. The Hall–Kier alpha value is -3.21. The predicted molar refractivity (Wildman–Crippen MR) is 104 cm³/mol. The zero-order valence-electron chi connectivity index (χ0n) is 15.3. The first-order chi connectivity index (χ1) is 12.4. The Balaban J connectivity index is 2.43. The summed E-state index contributed by atoms with van der Waals surface area (Å²) in [5, 5.41) is 12.5. The van der Waals surface area contributed by atoms with E-state index in [0.717, 1.165) is 39.1 Å². The summed E-state index contributed by atoms with van der Waals surface area (Å²) in [6.45, 7) is 5.98. The van der Waals surface area contributed by atoms with E-state index in [1.165, 1.54) is 0 Å². The van der Waals surface area contributed by atoms with Crippen LogP contribution >= 0.6 is 0 Å². The lowest BCUT2D eigenvalue weighted by molar-refractivity contribution is 0.0697. The largest absolute Gasteiger partial charge is 0.478 e. The van der Waals surface area contributed by atoms with Crippen molar-refractivity contribution in [2.45, 2.75) is 20.8 Å². The molecule has 0 amide bonds. The van der Waals surface area contributed by atoms with Crippen molar-refractivity contribution in [1.82, 2.24) is 9.97 Å². The lowest BCUT2D eigenvalue weighted by atomic mass is 9.91. The van der Waals surface area contributed by atoms with Gasteiger partial charge >= 0.3 is 5.97 Å². The highest BCUT2D eigenvalue weighted by Gasteiger charge is 2.21. The van der Waals surface area contributed by atoms with E-state index in [4.69, 9.17) is 0 Å². The molecule has 0 aliphatic heterocycles. The summed E-state index contributed by atoms with van der Waals surface area (Å²) in [4.78, 5) is 20.7. The van der Waals surface area contributed by atoms with Crippen molar-refractivity contribution in [2.75, 3.05) is 12.4 Å². The third-order valence-corrected chi connectivity index (χ3v) is 4.48. The van der Waals surface area contributed by atoms with E-state index in [0.29, 0.717) is 5.82 Å². The van der Waals surface area contributed by atoms with Gasteiger partial charge in [0.05, 0.1) is 5.69 Å². The van der Waals surface area contributed by atoms with Crippen LogP contribution in [0.3, 0.4) is 0 Å². The van der Waals surface area contributed by atoms with Crippen LogP contribution in [0.1, 0.15) is 27.0 Å². The Morgan fingerprint density at radius 2 is 1.65 bits per heavy atom. The van der Waals surface area contributed by atoms with Gasteiger partial charge in [-0.1, -0.05) is 24.3 Å². The van der Waals surface area contributed by atoms with Crippen molar-refractivity contribution in [3.63, 3.8) is 0 Å². The van der Waals surface area contributed by atoms with Crippen LogP contribution in [-0.4, -0.2) is 28.1 Å². The number of hydrogen-bond acceptors (Lipinski definition) is 4. The minimum Gasteiger partial charge on any atom is -0.478 e. The zero-order chi connectivity index (χ0) is 18.8. The molecule has 2 N–H and O–H groups in total. The monoisotopic (exact) mass is 347 g/mol. The number of aryl methyl sites for hydroxylation is 3. The van der Waals surface area contributed by atoms with Crippen LogP contribution in [0.25, 0.3) is 22.4 Å². The lowest BCUT2D eigenvalue weighted by Crippen LogP contribution is -2.08. The molecule has 3 aromatic rings. The molecule has 0 spiro atoms. The Bertz CT molecular complexity index is 976. The second kappa shape index (κ2) is 6.96. The second-order valence-electron chi connectivity index (χ2n) is 6.30. The summed E-state index contributed by atoms with van der Waals surface area (Å²) in [5.41, 5.74) is 6.70. The summed E-state index contributed by atoms with van der Waals surface area (Å²) in [6, 6.07) is 9.68. The van der Waals surface area contributed by atoms with E-state index in [9.17, 15) is 9.90 Å². The number of carboxylic acid groups (broad SMARTS) is 1. The number of carbonyl (C=O) groups is 1. The molecule has 0 aliphatic carbocycles. The maximum absolute atomic E-state index is 11.8. The number of rotatable bonds is 4. The van der Waals surface area contributed by atoms with Gasteiger partial charge in [0.1, 0.15) is 11.4 Å². The fourth-order valence-corrected chi connectivity index (χ4v) is 3.23. The summed E-state index contributed by atoms with van der Waals surface area (Å²) in [6.07, 6.45) is 3.58. The number of benzene rings is 1. The number of pyridine rings is 2. The third kappa shape index (κ3) is 3.04. The zero-order valence-corrected chi connectivity index (χ0v) is 15.3. The molecular weight excluding hydrogens is 326 g/mol. The van der Waals surface area contributed by atoms with Gasteiger partial charge in [-0.3, -0.25) is 4.98 Å². The fraction of sp³-hybridized carbons (Fsp3) is 0.190. The Labute approximate surface area is 152 Å². The molecule has 0 unspecified atom stereocenters. The molecule has 5 heteroatoms. The van der Waals surface area contributed by atoms with Crippen molar-refractivity contribution in [3.05, 3.63) is 65.0 Å². The van der Waals surface area contributed by atoms with Crippen LogP contribution in [-0.2, 0) is 0 Å². The Kier molecular flexibility index (Phi) is 4.71. The van der Waals surface area contributed by atoms with E-state index in [2.05, 4.69) is 15.3 Å². The van der Waals surface area contributed by atoms with Crippen molar-refractivity contribution in [3.8, 4) is 22.4 Å². The SMILES string of the molecule is CNc1nc(-c2ccccc2C)c(-c2c(C)cncc2C)cc1C(=O)O. The number of aromatic nitrogens is 2. The minimum atomic E-state index is -1.01. The number of aromatic carboxylic acids is 1. The highest BCUT2D eigenvalue weighted by Crippen LogP contribution is 2.37. The summed E-state index contributed by atoms with van der Waals surface area (Å²) >= 11 is 0. The van der Waals surface area contributed by atoms with Gasteiger partial charge in [0.25, 0.3) is 0 Å². The van der Waals surface area contributed by atoms with Crippen molar-refractivity contribution >= 4 is 11.8 Å². The molecule has 0 aliphatic rings. The molecule has 0 fully saturated rings. The van der Waals surface area contributed by atoms with E-state index in [1.807, 2.05) is 45.0 Å². The smallest absolute Gasteiger partial charge is 0.339 e. The number of nitrogens with one attached hydrogen (secondary N) is 1. The fourth-order valence-electron chi connectivity index (χ4n) is 3.23. The maximum Gasteiger partial charge on any atom is 0.339 e. The standard InChI is InChI=1S/C21H21N3O2/c1-12-7-5-6-8-15(12)19-16(18-13(2)10-23-11-14(18)3)9-17(21(25)26)20(22-4)24-19/h5-11H,1-4H3,(H,22,24)(H,25,26). The van der Waals surface area contributed by atoms with Crippen LogP contribution < -0.4 is 5.32 Å². The van der Waals surface area contributed by atoms with E-state index >= 15 is 0 Å². The molecule has 2 aromatic heterocycles. The van der Waals surface area contributed by atoms with Gasteiger partial charge in [-0.05, 0) is 49.1 Å². The van der Waals surface area contributed by atoms with Crippen LogP contribution in [0.15, 0.2) is 42.7 Å². The molecule has 132 valence electrons. The lowest BCUT2D eigenvalue weighted by Gasteiger charge is -2.18. The molecule has 5 nitrogen and oxygen atoms in total. The topological polar surface area (TPSA) is 75.1 Å². The Morgan fingerprint density at radius 3 is 2.23 bits per heavy atom.